The van der Waals surface area contributed by atoms with Crippen molar-refractivity contribution < 1.29 is 9.59 Å². The number of aromatic nitrogens is 2. The molecule has 0 N–H and O–H groups in total. The summed E-state index contributed by atoms with van der Waals surface area (Å²) < 4.78 is 0. The number of hydrogen-bond acceptors (Lipinski definition) is 4. The van der Waals surface area contributed by atoms with Gasteiger partial charge < -0.3 is 9.80 Å². The van der Waals surface area contributed by atoms with Gasteiger partial charge in [-0.3, -0.25) is 14.6 Å². The average Bonchev–Trinajstić information content (AvgIpc) is 2.99. The highest BCUT2D eigenvalue weighted by molar-refractivity contribution is 5.92. The van der Waals surface area contributed by atoms with Crippen molar-refractivity contribution in [3.63, 3.8) is 0 Å². The molecule has 1 saturated heterocycles. The van der Waals surface area contributed by atoms with Crippen molar-refractivity contribution >= 4 is 11.8 Å². The third kappa shape index (κ3) is 5.12. The van der Waals surface area contributed by atoms with Gasteiger partial charge in [-0.1, -0.05) is 31.2 Å². The summed E-state index contributed by atoms with van der Waals surface area (Å²) in [5.74, 6) is 0.0387. The van der Waals surface area contributed by atoms with Crippen LogP contribution in [0, 0.1) is 0 Å². The van der Waals surface area contributed by atoms with E-state index in [2.05, 4.69) is 41.2 Å². The summed E-state index contributed by atoms with van der Waals surface area (Å²) in [6.07, 6.45) is 7.62. The zero-order valence-electron chi connectivity index (χ0n) is 15.8. The molecule has 1 aromatic carbocycles. The summed E-state index contributed by atoms with van der Waals surface area (Å²) in [6, 6.07) is 8.47. The van der Waals surface area contributed by atoms with Crippen LogP contribution in [0.15, 0.2) is 42.9 Å². The van der Waals surface area contributed by atoms with E-state index in [9.17, 15) is 9.59 Å². The summed E-state index contributed by atoms with van der Waals surface area (Å²) in [4.78, 5) is 36.8. The Morgan fingerprint density at radius 2 is 1.67 bits per heavy atom. The Hall–Kier alpha value is -2.76. The van der Waals surface area contributed by atoms with Gasteiger partial charge in [0.1, 0.15) is 5.69 Å². The highest BCUT2D eigenvalue weighted by atomic mass is 16.2. The fraction of sp³-hybridized carbons (Fsp3) is 0.429. The van der Waals surface area contributed by atoms with Crippen LogP contribution in [0.3, 0.4) is 0 Å². The highest BCUT2D eigenvalue weighted by Gasteiger charge is 2.23. The summed E-state index contributed by atoms with van der Waals surface area (Å²) in [5.41, 5.74) is 2.85. The molecule has 2 amide bonds. The molecule has 1 fully saturated rings. The van der Waals surface area contributed by atoms with Crippen LogP contribution in [0.4, 0.5) is 0 Å². The van der Waals surface area contributed by atoms with Crippen molar-refractivity contribution in [3.05, 3.63) is 59.7 Å². The van der Waals surface area contributed by atoms with Crippen LogP contribution in [0.25, 0.3) is 0 Å². The van der Waals surface area contributed by atoms with Gasteiger partial charge in [-0.25, -0.2) is 4.98 Å². The fourth-order valence-corrected chi connectivity index (χ4v) is 3.29. The summed E-state index contributed by atoms with van der Waals surface area (Å²) in [5, 5.41) is 0. The van der Waals surface area contributed by atoms with E-state index >= 15 is 0 Å². The minimum atomic E-state index is -0.117. The van der Waals surface area contributed by atoms with Crippen molar-refractivity contribution in [2.75, 3.05) is 26.2 Å². The van der Waals surface area contributed by atoms with E-state index in [1.807, 2.05) is 4.90 Å². The standard InChI is InChI=1S/C21H26N4O2/c1-2-17-4-6-18(7-5-17)8-9-20(26)24-12-3-13-25(15-14-24)21(27)19-16-22-10-11-23-19/h4-7,10-11,16H,2-3,8-9,12-15H2,1H3. The lowest BCUT2D eigenvalue weighted by atomic mass is 10.1. The van der Waals surface area contributed by atoms with Crippen molar-refractivity contribution in [1.29, 1.82) is 0 Å². The van der Waals surface area contributed by atoms with Gasteiger partial charge in [0.2, 0.25) is 5.91 Å². The lowest BCUT2D eigenvalue weighted by Crippen LogP contribution is -2.37. The smallest absolute Gasteiger partial charge is 0.274 e. The quantitative estimate of drug-likeness (QED) is 0.815. The van der Waals surface area contributed by atoms with Gasteiger partial charge in [-0.15, -0.1) is 0 Å². The van der Waals surface area contributed by atoms with Gasteiger partial charge in [0, 0.05) is 45.0 Å². The predicted octanol–water partition coefficient (Wildman–Crippen LogP) is 2.35. The van der Waals surface area contributed by atoms with Gasteiger partial charge in [0.25, 0.3) is 5.91 Å². The van der Waals surface area contributed by atoms with E-state index in [-0.39, 0.29) is 11.8 Å². The molecule has 0 bridgehead atoms. The molecule has 6 heteroatoms. The Morgan fingerprint density at radius 3 is 2.37 bits per heavy atom. The summed E-state index contributed by atoms with van der Waals surface area (Å²) >= 11 is 0. The van der Waals surface area contributed by atoms with Crippen molar-refractivity contribution in [2.24, 2.45) is 0 Å². The van der Waals surface area contributed by atoms with Crippen LogP contribution < -0.4 is 0 Å². The molecule has 1 aliphatic heterocycles. The number of aryl methyl sites for hydroxylation is 2. The molecule has 0 atom stereocenters. The van der Waals surface area contributed by atoms with Crippen LogP contribution in [-0.2, 0) is 17.6 Å². The van der Waals surface area contributed by atoms with Crippen LogP contribution in [0.5, 0.6) is 0 Å². The molecular formula is C21H26N4O2. The second kappa shape index (κ2) is 9.26. The first kappa shape index (κ1) is 19.0. The normalized spacial score (nSPS) is 14.7. The topological polar surface area (TPSA) is 66.4 Å². The van der Waals surface area contributed by atoms with E-state index in [4.69, 9.17) is 0 Å². The molecule has 27 heavy (non-hydrogen) atoms. The Bertz CT molecular complexity index is 762. The van der Waals surface area contributed by atoms with E-state index in [1.165, 1.54) is 23.5 Å². The Balaban J connectivity index is 1.51. The molecule has 1 aromatic heterocycles. The third-order valence-electron chi connectivity index (χ3n) is 4.98. The van der Waals surface area contributed by atoms with E-state index in [1.54, 1.807) is 11.1 Å². The molecule has 0 spiro atoms. The van der Waals surface area contributed by atoms with Crippen LogP contribution in [0.1, 0.15) is 41.4 Å². The molecule has 3 rings (SSSR count). The van der Waals surface area contributed by atoms with Gasteiger partial charge in [-0.2, -0.15) is 0 Å². The molecule has 2 heterocycles. The van der Waals surface area contributed by atoms with Crippen molar-refractivity contribution in [2.45, 2.75) is 32.6 Å². The number of nitrogens with zero attached hydrogens (tertiary/aromatic N) is 4. The molecule has 0 radical (unpaired) electrons. The second-order valence-electron chi connectivity index (χ2n) is 6.79. The lowest BCUT2D eigenvalue weighted by Gasteiger charge is -2.22. The van der Waals surface area contributed by atoms with Crippen LogP contribution in [-0.4, -0.2) is 57.8 Å². The SMILES string of the molecule is CCc1ccc(CCC(=O)N2CCCN(C(=O)c3cnccn3)CC2)cc1. The average molecular weight is 366 g/mol. The number of hydrogen-bond donors (Lipinski definition) is 0. The molecule has 142 valence electrons. The van der Waals surface area contributed by atoms with Gasteiger partial charge in [0.05, 0.1) is 6.20 Å². The molecule has 1 aliphatic rings. The van der Waals surface area contributed by atoms with E-state index in [0.29, 0.717) is 38.3 Å². The minimum absolute atomic E-state index is 0.117. The van der Waals surface area contributed by atoms with Crippen molar-refractivity contribution in [3.8, 4) is 0 Å². The van der Waals surface area contributed by atoms with Gasteiger partial charge in [0.15, 0.2) is 0 Å². The number of amides is 2. The first-order chi connectivity index (χ1) is 13.2. The Labute approximate surface area is 160 Å². The molecule has 6 nitrogen and oxygen atoms in total. The fourth-order valence-electron chi connectivity index (χ4n) is 3.29. The second-order valence-corrected chi connectivity index (χ2v) is 6.79. The predicted molar refractivity (Wildman–Crippen MR) is 103 cm³/mol. The highest BCUT2D eigenvalue weighted by Crippen LogP contribution is 2.11. The first-order valence-electron chi connectivity index (χ1n) is 9.58. The maximum absolute atomic E-state index is 12.6. The van der Waals surface area contributed by atoms with Crippen molar-refractivity contribution in [1.82, 2.24) is 19.8 Å². The lowest BCUT2D eigenvalue weighted by molar-refractivity contribution is -0.131. The van der Waals surface area contributed by atoms with E-state index < -0.39 is 0 Å². The maximum Gasteiger partial charge on any atom is 0.274 e. The largest absolute Gasteiger partial charge is 0.341 e. The summed E-state index contributed by atoms with van der Waals surface area (Å²) in [6.45, 7) is 4.57. The molecular weight excluding hydrogens is 340 g/mol. The Kier molecular flexibility index (Phi) is 6.52. The number of benzene rings is 1. The van der Waals surface area contributed by atoms with Gasteiger partial charge >= 0.3 is 0 Å². The number of carbonyl (C=O) groups excluding carboxylic acids is 2. The first-order valence-corrected chi connectivity index (χ1v) is 9.58. The minimum Gasteiger partial charge on any atom is -0.341 e. The number of rotatable bonds is 5. The Morgan fingerprint density at radius 1 is 0.963 bits per heavy atom. The zero-order valence-corrected chi connectivity index (χ0v) is 15.8. The van der Waals surface area contributed by atoms with Gasteiger partial charge in [-0.05, 0) is 30.4 Å². The molecule has 2 aromatic rings. The third-order valence-corrected chi connectivity index (χ3v) is 4.98. The molecule has 0 unspecified atom stereocenters. The van der Waals surface area contributed by atoms with E-state index in [0.717, 1.165) is 19.3 Å². The maximum atomic E-state index is 12.6. The molecule has 0 aliphatic carbocycles. The monoisotopic (exact) mass is 366 g/mol. The zero-order chi connectivity index (χ0) is 19.1. The molecule has 0 saturated carbocycles. The number of carbonyl (C=O) groups is 2. The van der Waals surface area contributed by atoms with Crippen LogP contribution in [0.2, 0.25) is 0 Å². The summed E-state index contributed by atoms with van der Waals surface area (Å²) in [7, 11) is 0. The van der Waals surface area contributed by atoms with Crippen LogP contribution >= 0.6 is 0 Å².